The molecule has 4 aromatic rings. The molecule has 47 heavy (non-hydrogen) atoms. The fourth-order valence-corrected chi connectivity index (χ4v) is 7.03. The van der Waals surface area contributed by atoms with Gasteiger partial charge in [0, 0.05) is 24.0 Å². The first-order valence-electron chi connectivity index (χ1n) is 14.6. The molecule has 1 N–H and O–H groups in total. The van der Waals surface area contributed by atoms with E-state index in [-0.39, 0.29) is 22.9 Å². The summed E-state index contributed by atoms with van der Waals surface area (Å²) in [6, 6.07) is 24.2. The Kier molecular flexibility index (Phi) is 12.1. The molecule has 0 saturated carbocycles. The van der Waals surface area contributed by atoms with Gasteiger partial charge in [-0.05, 0) is 60.0 Å². The molecule has 0 aromatic heterocycles. The lowest BCUT2D eigenvalue weighted by molar-refractivity contribution is -0.140. The van der Waals surface area contributed by atoms with E-state index in [0.717, 1.165) is 17.7 Å². The molecule has 1 atom stereocenters. The van der Waals surface area contributed by atoms with Gasteiger partial charge in [0.2, 0.25) is 11.8 Å². The van der Waals surface area contributed by atoms with E-state index in [9.17, 15) is 31.2 Å². The van der Waals surface area contributed by atoms with Crippen LogP contribution in [0.3, 0.4) is 0 Å². The van der Waals surface area contributed by atoms with Gasteiger partial charge in [-0.15, -0.1) is 0 Å². The standard InChI is InChI=1S/C34H32BrClF3N3O4S/c1-2-18-40-33(44)31(20-24-10-5-3-6-11-24)41(22-25-12-9-13-27(35)19-25)32(43)23-42(47(45,46)28-14-7-4-8-15-28)30-21-26(34(37,38)39)16-17-29(30)36/h3-17,19,21,31H,2,18,20,22-23H2,1H3,(H,40,44)/t31-/m0/s1. The number of anilines is 1. The molecule has 0 unspecified atom stereocenters. The lowest BCUT2D eigenvalue weighted by atomic mass is 10.0. The Morgan fingerprint density at radius 1 is 0.894 bits per heavy atom. The summed E-state index contributed by atoms with van der Waals surface area (Å²) in [6.45, 7) is 1.16. The van der Waals surface area contributed by atoms with Crippen molar-refractivity contribution in [2.24, 2.45) is 0 Å². The van der Waals surface area contributed by atoms with Crippen molar-refractivity contribution in [2.75, 3.05) is 17.4 Å². The molecule has 7 nitrogen and oxygen atoms in total. The van der Waals surface area contributed by atoms with Crippen molar-refractivity contribution in [2.45, 2.75) is 43.4 Å². The number of alkyl halides is 3. The molecule has 0 saturated heterocycles. The molecule has 4 rings (SSSR count). The van der Waals surface area contributed by atoms with E-state index in [2.05, 4.69) is 21.2 Å². The van der Waals surface area contributed by atoms with Crippen LogP contribution in [0.15, 0.2) is 112 Å². The van der Waals surface area contributed by atoms with Crippen molar-refractivity contribution in [3.05, 3.63) is 129 Å². The van der Waals surface area contributed by atoms with Crippen LogP contribution in [-0.2, 0) is 38.8 Å². The number of hydrogen-bond donors (Lipinski definition) is 1. The summed E-state index contributed by atoms with van der Waals surface area (Å²) in [4.78, 5) is 29.2. The Labute approximate surface area is 285 Å². The van der Waals surface area contributed by atoms with Crippen LogP contribution in [0.1, 0.15) is 30.0 Å². The fourth-order valence-electron chi connectivity index (χ4n) is 4.87. The Morgan fingerprint density at radius 2 is 1.53 bits per heavy atom. The van der Waals surface area contributed by atoms with Crippen molar-refractivity contribution >= 4 is 55.1 Å². The first-order chi connectivity index (χ1) is 22.3. The molecule has 0 fully saturated rings. The first kappa shape index (κ1) is 36.0. The van der Waals surface area contributed by atoms with E-state index in [4.69, 9.17) is 11.6 Å². The van der Waals surface area contributed by atoms with Crippen molar-refractivity contribution in [1.29, 1.82) is 0 Å². The Morgan fingerprint density at radius 3 is 2.15 bits per heavy atom. The molecule has 0 aliphatic carbocycles. The number of hydrogen-bond acceptors (Lipinski definition) is 4. The van der Waals surface area contributed by atoms with E-state index in [1.165, 1.54) is 29.2 Å². The van der Waals surface area contributed by atoms with Gasteiger partial charge >= 0.3 is 6.18 Å². The monoisotopic (exact) mass is 749 g/mol. The summed E-state index contributed by atoms with van der Waals surface area (Å²) in [5.41, 5.74) is -0.310. The van der Waals surface area contributed by atoms with E-state index < -0.39 is 51.9 Å². The molecule has 0 heterocycles. The third kappa shape index (κ3) is 9.36. The van der Waals surface area contributed by atoms with Gasteiger partial charge in [-0.3, -0.25) is 13.9 Å². The normalized spacial score (nSPS) is 12.3. The second kappa shape index (κ2) is 15.8. The summed E-state index contributed by atoms with van der Waals surface area (Å²) in [5, 5.41) is 2.52. The number of benzene rings is 4. The highest BCUT2D eigenvalue weighted by Gasteiger charge is 2.37. The predicted molar refractivity (Wildman–Crippen MR) is 179 cm³/mol. The number of carbonyl (C=O) groups excluding carboxylic acids is 2. The van der Waals surface area contributed by atoms with E-state index in [0.29, 0.717) is 33.4 Å². The maximum absolute atomic E-state index is 14.5. The number of halogens is 5. The van der Waals surface area contributed by atoms with Crippen LogP contribution in [0.4, 0.5) is 18.9 Å². The maximum Gasteiger partial charge on any atom is 0.416 e. The number of rotatable bonds is 13. The number of sulfonamides is 1. The SMILES string of the molecule is CCCNC(=O)[C@H](Cc1ccccc1)N(Cc1cccc(Br)c1)C(=O)CN(c1cc(C(F)(F)F)ccc1Cl)S(=O)(=O)c1ccccc1. The molecule has 0 aliphatic rings. The topological polar surface area (TPSA) is 86.8 Å². The van der Waals surface area contributed by atoms with Gasteiger partial charge in [0.1, 0.15) is 12.6 Å². The highest BCUT2D eigenvalue weighted by atomic mass is 79.9. The second-order valence-electron chi connectivity index (χ2n) is 10.6. The van der Waals surface area contributed by atoms with Gasteiger partial charge in [0.05, 0.1) is 21.2 Å². The summed E-state index contributed by atoms with van der Waals surface area (Å²) in [6.07, 6.45) is -4.11. The van der Waals surface area contributed by atoms with Gasteiger partial charge in [0.15, 0.2) is 0 Å². The Bertz CT molecular complexity index is 1800. The van der Waals surface area contributed by atoms with E-state index in [1.807, 2.05) is 13.0 Å². The summed E-state index contributed by atoms with van der Waals surface area (Å²) in [7, 11) is -4.64. The van der Waals surface area contributed by atoms with Gasteiger partial charge in [-0.1, -0.05) is 95.1 Å². The number of carbonyl (C=O) groups is 2. The van der Waals surface area contributed by atoms with Crippen LogP contribution >= 0.6 is 27.5 Å². The highest BCUT2D eigenvalue weighted by Crippen LogP contribution is 2.37. The lowest BCUT2D eigenvalue weighted by Gasteiger charge is -2.34. The van der Waals surface area contributed by atoms with Gasteiger partial charge in [-0.25, -0.2) is 8.42 Å². The minimum absolute atomic E-state index is 0.0892. The smallest absolute Gasteiger partial charge is 0.354 e. The zero-order valence-electron chi connectivity index (χ0n) is 25.3. The summed E-state index contributed by atoms with van der Waals surface area (Å²) < 4.78 is 70.9. The van der Waals surface area contributed by atoms with E-state index >= 15 is 0 Å². The van der Waals surface area contributed by atoms with Crippen LogP contribution < -0.4 is 9.62 Å². The molecule has 13 heteroatoms. The van der Waals surface area contributed by atoms with Gasteiger partial charge in [-0.2, -0.15) is 13.2 Å². The molecule has 0 spiro atoms. The number of amides is 2. The molecule has 2 amide bonds. The van der Waals surface area contributed by atoms with Gasteiger partial charge in [0.25, 0.3) is 10.0 Å². The Hall–Kier alpha value is -3.87. The maximum atomic E-state index is 14.5. The minimum Gasteiger partial charge on any atom is -0.354 e. The summed E-state index contributed by atoms with van der Waals surface area (Å²) in [5.74, 6) is -1.29. The second-order valence-corrected chi connectivity index (χ2v) is 13.8. The number of nitrogens with one attached hydrogen (secondary N) is 1. The van der Waals surface area contributed by atoms with Crippen LogP contribution in [0.25, 0.3) is 0 Å². The average Bonchev–Trinajstić information content (AvgIpc) is 3.04. The third-order valence-electron chi connectivity index (χ3n) is 7.21. The fraction of sp³-hybridized carbons (Fsp3) is 0.235. The van der Waals surface area contributed by atoms with Crippen molar-refractivity contribution in [3.8, 4) is 0 Å². The van der Waals surface area contributed by atoms with Crippen molar-refractivity contribution < 1.29 is 31.2 Å². The average molecular weight is 751 g/mol. The molecule has 0 aliphatic heterocycles. The predicted octanol–water partition coefficient (Wildman–Crippen LogP) is 7.48. The highest BCUT2D eigenvalue weighted by molar-refractivity contribution is 9.10. The third-order valence-corrected chi connectivity index (χ3v) is 9.80. The molecule has 4 aromatic carbocycles. The van der Waals surface area contributed by atoms with Gasteiger partial charge < -0.3 is 10.2 Å². The lowest BCUT2D eigenvalue weighted by Crippen LogP contribution is -2.53. The molecule has 0 bridgehead atoms. The molecule has 248 valence electrons. The Balaban J connectivity index is 1.86. The van der Waals surface area contributed by atoms with Crippen LogP contribution in [0.2, 0.25) is 5.02 Å². The van der Waals surface area contributed by atoms with E-state index in [1.54, 1.807) is 54.6 Å². The van der Waals surface area contributed by atoms with Crippen LogP contribution in [0.5, 0.6) is 0 Å². The molecular weight excluding hydrogens is 719 g/mol. The zero-order valence-corrected chi connectivity index (χ0v) is 28.4. The van der Waals surface area contributed by atoms with Crippen LogP contribution in [-0.4, -0.2) is 44.3 Å². The largest absolute Gasteiger partial charge is 0.416 e. The van der Waals surface area contributed by atoms with Crippen LogP contribution in [0, 0.1) is 0 Å². The molecule has 0 radical (unpaired) electrons. The van der Waals surface area contributed by atoms with Crippen molar-refractivity contribution in [3.63, 3.8) is 0 Å². The minimum atomic E-state index is -4.82. The summed E-state index contributed by atoms with van der Waals surface area (Å²) >= 11 is 9.77. The first-order valence-corrected chi connectivity index (χ1v) is 17.2. The zero-order chi connectivity index (χ0) is 34.2. The van der Waals surface area contributed by atoms with Crippen molar-refractivity contribution in [1.82, 2.24) is 10.2 Å². The number of nitrogens with zero attached hydrogens (tertiary/aromatic N) is 2. The quantitative estimate of drug-likeness (QED) is 0.154. The molecular formula is C34H32BrClF3N3O4S.